The van der Waals surface area contributed by atoms with Crippen LogP contribution in [0.4, 0.5) is 0 Å². The van der Waals surface area contributed by atoms with Gasteiger partial charge in [-0.25, -0.2) is 4.98 Å². The van der Waals surface area contributed by atoms with Crippen LogP contribution in [0, 0.1) is 13.8 Å². The van der Waals surface area contributed by atoms with E-state index >= 15 is 0 Å². The van der Waals surface area contributed by atoms with Crippen molar-refractivity contribution < 1.29 is 4.79 Å². The molecule has 6 nitrogen and oxygen atoms in total. The first-order valence-corrected chi connectivity index (χ1v) is 7.28. The van der Waals surface area contributed by atoms with E-state index in [9.17, 15) is 4.79 Å². The quantitative estimate of drug-likeness (QED) is 0.854. The minimum Gasteiger partial charge on any atom is -0.352 e. The average Bonchev–Trinajstić information content (AvgIpc) is 2.94. The highest BCUT2D eigenvalue weighted by Crippen LogP contribution is 2.12. The number of hydrogen-bond acceptors (Lipinski definition) is 5. The molecule has 1 amide bonds. The fraction of sp³-hybridized carbons (Fsp3) is 0.462. The second kappa shape index (κ2) is 6.15. The summed E-state index contributed by atoms with van der Waals surface area (Å²) in [5.74, 6) is -0.0403. The zero-order valence-corrected chi connectivity index (χ0v) is 12.8. The lowest BCUT2D eigenvalue weighted by molar-refractivity contribution is -0.120. The molecule has 0 saturated heterocycles. The summed E-state index contributed by atoms with van der Waals surface area (Å²) < 4.78 is 1.82. The third kappa shape index (κ3) is 3.23. The van der Waals surface area contributed by atoms with Crippen molar-refractivity contribution in [3.05, 3.63) is 33.0 Å². The molecule has 0 fully saturated rings. The molecule has 2 aromatic heterocycles. The first kappa shape index (κ1) is 14.7. The lowest BCUT2D eigenvalue weighted by atomic mass is 10.2. The van der Waals surface area contributed by atoms with Gasteiger partial charge in [0, 0.05) is 36.8 Å². The smallest absolute Gasteiger partial charge is 0.226 e. The molecule has 2 heterocycles. The van der Waals surface area contributed by atoms with Crippen LogP contribution in [0.15, 0.2) is 5.38 Å². The third-order valence-corrected chi connectivity index (χ3v) is 4.16. The van der Waals surface area contributed by atoms with Crippen molar-refractivity contribution in [2.24, 2.45) is 12.8 Å². The van der Waals surface area contributed by atoms with Crippen LogP contribution in [0.5, 0.6) is 0 Å². The van der Waals surface area contributed by atoms with E-state index in [1.165, 1.54) is 11.3 Å². The van der Waals surface area contributed by atoms with Gasteiger partial charge in [0.1, 0.15) is 5.01 Å². The standard InChI is InChI=1S/C13H19N5OS/c1-8-11(9(2)18(3)17-8)6-15-12(19)4-10-7-20-13(5-14)16-10/h7H,4-6,14H2,1-3H3,(H,15,19). The summed E-state index contributed by atoms with van der Waals surface area (Å²) in [5, 5.41) is 9.97. The van der Waals surface area contributed by atoms with E-state index in [0.717, 1.165) is 27.7 Å². The van der Waals surface area contributed by atoms with Crippen molar-refractivity contribution in [1.29, 1.82) is 0 Å². The summed E-state index contributed by atoms with van der Waals surface area (Å²) in [6.45, 7) is 4.86. The molecule has 0 aliphatic heterocycles. The van der Waals surface area contributed by atoms with Crippen LogP contribution in [-0.4, -0.2) is 20.7 Å². The van der Waals surface area contributed by atoms with Crippen molar-refractivity contribution in [2.45, 2.75) is 33.4 Å². The summed E-state index contributed by atoms with van der Waals surface area (Å²) in [6, 6.07) is 0. The van der Waals surface area contributed by atoms with Gasteiger partial charge < -0.3 is 11.1 Å². The van der Waals surface area contributed by atoms with Crippen LogP contribution >= 0.6 is 11.3 Å². The molecular weight excluding hydrogens is 274 g/mol. The Morgan fingerprint density at radius 2 is 2.25 bits per heavy atom. The predicted molar refractivity (Wildman–Crippen MR) is 78.2 cm³/mol. The van der Waals surface area contributed by atoms with Gasteiger partial charge in [0.15, 0.2) is 0 Å². The number of nitrogens with one attached hydrogen (secondary N) is 1. The lowest BCUT2D eigenvalue weighted by Gasteiger charge is -2.05. The van der Waals surface area contributed by atoms with Crippen LogP contribution in [0.25, 0.3) is 0 Å². The van der Waals surface area contributed by atoms with Gasteiger partial charge in [-0.05, 0) is 13.8 Å². The molecular formula is C13H19N5OS. The molecule has 3 N–H and O–H groups in total. The number of rotatable bonds is 5. The molecule has 7 heteroatoms. The Morgan fingerprint density at radius 1 is 1.50 bits per heavy atom. The summed E-state index contributed by atoms with van der Waals surface area (Å²) >= 11 is 1.48. The van der Waals surface area contributed by atoms with Crippen LogP contribution < -0.4 is 11.1 Å². The first-order chi connectivity index (χ1) is 9.51. The van der Waals surface area contributed by atoms with Crippen LogP contribution in [0.1, 0.15) is 27.7 Å². The Morgan fingerprint density at radius 3 is 2.80 bits per heavy atom. The van der Waals surface area contributed by atoms with Crippen molar-refractivity contribution >= 4 is 17.2 Å². The monoisotopic (exact) mass is 293 g/mol. The molecule has 0 aliphatic carbocycles. The molecule has 0 aliphatic rings. The van der Waals surface area contributed by atoms with Gasteiger partial charge in [0.2, 0.25) is 5.91 Å². The molecule has 0 radical (unpaired) electrons. The molecule has 108 valence electrons. The maximum absolute atomic E-state index is 11.9. The van der Waals surface area contributed by atoms with Crippen molar-refractivity contribution in [3.8, 4) is 0 Å². The molecule has 0 unspecified atom stereocenters. The zero-order chi connectivity index (χ0) is 14.7. The molecule has 0 saturated carbocycles. The van der Waals surface area contributed by atoms with Crippen molar-refractivity contribution in [1.82, 2.24) is 20.1 Å². The number of carbonyl (C=O) groups is 1. The van der Waals surface area contributed by atoms with E-state index in [2.05, 4.69) is 15.4 Å². The largest absolute Gasteiger partial charge is 0.352 e. The fourth-order valence-electron chi connectivity index (χ4n) is 2.01. The van der Waals surface area contributed by atoms with Gasteiger partial charge in [0.05, 0.1) is 17.8 Å². The molecule has 0 bridgehead atoms. The van der Waals surface area contributed by atoms with Crippen LogP contribution in [0.2, 0.25) is 0 Å². The highest BCUT2D eigenvalue weighted by Gasteiger charge is 2.11. The average molecular weight is 293 g/mol. The van der Waals surface area contributed by atoms with Gasteiger partial charge in [-0.15, -0.1) is 11.3 Å². The predicted octanol–water partition coefficient (Wildman–Crippen LogP) is 0.811. The Kier molecular flexibility index (Phi) is 4.51. The van der Waals surface area contributed by atoms with E-state index in [4.69, 9.17) is 5.73 Å². The lowest BCUT2D eigenvalue weighted by Crippen LogP contribution is -2.25. The molecule has 2 aromatic rings. The van der Waals surface area contributed by atoms with Crippen molar-refractivity contribution in [2.75, 3.05) is 0 Å². The number of nitrogens with zero attached hydrogens (tertiary/aromatic N) is 3. The summed E-state index contributed by atoms with van der Waals surface area (Å²) in [4.78, 5) is 16.2. The summed E-state index contributed by atoms with van der Waals surface area (Å²) in [7, 11) is 1.90. The Balaban J connectivity index is 1.92. The second-order valence-corrected chi connectivity index (χ2v) is 5.61. The number of aryl methyl sites for hydroxylation is 2. The second-order valence-electron chi connectivity index (χ2n) is 4.66. The van der Waals surface area contributed by atoms with E-state index in [0.29, 0.717) is 13.1 Å². The Labute approximate surface area is 122 Å². The molecule has 2 rings (SSSR count). The normalized spacial score (nSPS) is 10.8. The highest BCUT2D eigenvalue weighted by atomic mass is 32.1. The Hall–Kier alpha value is -1.73. The van der Waals surface area contributed by atoms with Gasteiger partial charge >= 0.3 is 0 Å². The topological polar surface area (TPSA) is 85.8 Å². The number of aromatic nitrogens is 3. The number of thiazole rings is 1. The molecule has 0 aromatic carbocycles. The van der Waals surface area contributed by atoms with Gasteiger partial charge in [-0.3, -0.25) is 9.48 Å². The van der Waals surface area contributed by atoms with E-state index in [-0.39, 0.29) is 12.3 Å². The Bertz CT molecular complexity index is 616. The first-order valence-electron chi connectivity index (χ1n) is 6.40. The summed E-state index contributed by atoms with van der Waals surface area (Å²) in [6.07, 6.45) is 0.287. The molecule has 20 heavy (non-hydrogen) atoms. The zero-order valence-electron chi connectivity index (χ0n) is 11.9. The number of hydrogen-bond donors (Lipinski definition) is 2. The molecule has 0 spiro atoms. The maximum Gasteiger partial charge on any atom is 0.226 e. The van der Waals surface area contributed by atoms with E-state index in [1.807, 2.05) is 31.0 Å². The number of carbonyl (C=O) groups excluding carboxylic acids is 1. The minimum atomic E-state index is -0.0403. The number of amides is 1. The van der Waals surface area contributed by atoms with Crippen molar-refractivity contribution in [3.63, 3.8) is 0 Å². The van der Waals surface area contributed by atoms with E-state index in [1.54, 1.807) is 0 Å². The number of nitrogens with two attached hydrogens (primary N) is 1. The minimum absolute atomic E-state index is 0.0403. The van der Waals surface area contributed by atoms with Gasteiger partial charge in [-0.2, -0.15) is 5.10 Å². The van der Waals surface area contributed by atoms with Gasteiger partial charge in [-0.1, -0.05) is 0 Å². The fourth-order valence-corrected chi connectivity index (χ4v) is 2.69. The summed E-state index contributed by atoms with van der Waals surface area (Å²) in [5.41, 5.74) is 9.36. The highest BCUT2D eigenvalue weighted by molar-refractivity contribution is 7.09. The van der Waals surface area contributed by atoms with Gasteiger partial charge in [0.25, 0.3) is 0 Å². The molecule has 0 atom stereocenters. The maximum atomic E-state index is 11.9. The SMILES string of the molecule is Cc1nn(C)c(C)c1CNC(=O)Cc1csc(CN)n1. The van der Waals surface area contributed by atoms with Crippen LogP contribution in [-0.2, 0) is 31.4 Å². The van der Waals surface area contributed by atoms with Crippen LogP contribution in [0.3, 0.4) is 0 Å². The van der Waals surface area contributed by atoms with E-state index < -0.39 is 0 Å². The third-order valence-electron chi connectivity index (χ3n) is 3.24.